The number of carbonyl (C=O) groups is 1. The second-order valence-electron chi connectivity index (χ2n) is 6.82. The molecule has 0 saturated heterocycles. The van der Waals surface area contributed by atoms with Gasteiger partial charge in [-0.1, -0.05) is 56.1 Å². The van der Waals surface area contributed by atoms with Crippen LogP contribution in [0.25, 0.3) is 27.8 Å². The summed E-state index contributed by atoms with van der Waals surface area (Å²) in [6.07, 6.45) is 0. The van der Waals surface area contributed by atoms with Crippen LogP contribution in [0.1, 0.15) is 27.3 Å². The van der Waals surface area contributed by atoms with Gasteiger partial charge >= 0.3 is 5.97 Å². The molecule has 2 aromatic carbocycles. The average Bonchev–Trinajstić information content (AvgIpc) is 3.14. The number of halogens is 2. The summed E-state index contributed by atoms with van der Waals surface area (Å²) >= 11 is 7.09. The number of nitrogens with zero attached hydrogens (tertiary/aromatic N) is 3. The fourth-order valence-electron chi connectivity index (χ4n) is 3.58. The molecule has 30 heavy (non-hydrogen) atoms. The van der Waals surface area contributed by atoms with Crippen LogP contribution in [0.5, 0.6) is 0 Å². The molecule has 0 fully saturated rings. The number of pyridine rings is 1. The predicted octanol–water partition coefficient (Wildman–Crippen LogP) is 5.97. The van der Waals surface area contributed by atoms with E-state index in [0.29, 0.717) is 21.9 Å². The maximum Gasteiger partial charge on any atom is 0.338 e. The van der Waals surface area contributed by atoms with Gasteiger partial charge in [0.1, 0.15) is 0 Å². The molecule has 0 bridgehead atoms. The van der Waals surface area contributed by atoms with E-state index in [-0.39, 0.29) is 5.97 Å². The highest BCUT2D eigenvalue weighted by Crippen LogP contribution is 2.33. The van der Waals surface area contributed by atoms with Gasteiger partial charge in [-0.15, -0.1) is 0 Å². The molecular weight excluding hydrogens is 510 g/mol. The van der Waals surface area contributed by atoms with E-state index in [1.54, 1.807) is 6.07 Å². The normalized spacial score (nSPS) is 11.1. The van der Waals surface area contributed by atoms with Gasteiger partial charge in [0.2, 0.25) is 0 Å². The number of alkyl halides is 2. The van der Waals surface area contributed by atoms with Crippen molar-refractivity contribution in [1.29, 1.82) is 0 Å². The number of hydrogen-bond donors (Lipinski definition) is 0. The van der Waals surface area contributed by atoms with Crippen molar-refractivity contribution in [3.63, 3.8) is 0 Å². The Bertz CT molecular complexity index is 1240. The third-order valence-electron chi connectivity index (χ3n) is 4.97. The molecular formula is C23H19Br2N3O2. The first-order chi connectivity index (χ1) is 14.6. The number of aryl methyl sites for hydroxylation is 1. The molecule has 7 heteroatoms. The molecule has 0 aliphatic rings. The largest absolute Gasteiger partial charge is 0.465 e. The van der Waals surface area contributed by atoms with Gasteiger partial charge in [-0.25, -0.2) is 14.5 Å². The quantitative estimate of drug-likeness (QED) is 0.236. The number of aromatic nitrogens is 3. The second kappa shape index (κ2) is 8.70. The number of ether oxygens (including phenoxy) is 1. The minimum atomic E-state index is -0.385. The van der Waals surface area contributed by atoms with Crippen LogP contribution in [0, 0.1) is 6.92 Å². The van der Waals surface area contributed by atoms with Crippen molar-refractivity contribution in [2.45, 2.75) is 17.6 Å². The Labute approximate surface area is 191 Å². The number of rotatable bonds is 5. The predicted molar refractivity (Wildman–Crippen MR) is 126 cm³/mol. The number of hydrogen-bond acceptors (Lipinski definition) is 4. The summed E-state index contributed by atoms with van der Waals surface area (Å²) < 4.78 is 6.98. The number of fused-ring (bicyclic) bond motifs is 1. The van der Waals surface area contributed by atoms with Gasteiger partial charge in [-0.2, -0.15) is 5.10 Å². The molecule has 0 radical (unpaired) electrons. The van der Waals surface area contributed by atoms with E-state index >= 15 is 0 Å². The fraction of sp³-hybridized carbons (Fsp3) is 0.174. The molecule has 5 nitrogen and oxygen atoms in total. The molecule has 0 N–H and O–H groups in total. The molecule has 0 amide bonds. The number of carbonyl (C=O) groups excluding carboxylic acids is 1. The lowest BCUT2D eigenvalue weighted by Crippen LogP contribution is -2.05. The van der Waals surface area contributed by atoms with Gasteiger partial charge in [-0.05, 0) is 42.8 Å². The third kappa shape index (κ3) is 3.68. The zero-order chi connectivity index (χ0) is 21.3. The molecule has 152 valence electrons. The number of benzene rings is 2. The van der Waals surface area contributed by atoms with E-state index in [1.807, 2.05) is 60.1 Å². The van der Waals surface area contributed by atoms with E-state index in [9.17, 15) is 4.79 Å². The van der Waals surface area contributed by atoms with Crippen molar-refractivity contribution in [3.05, 3.63) is 77.1 Å². The molecule has 0 aliphatic heterocycles. The first-order valence-electron chi connectivity index (χ1n) is 9.35. The average molecular weight is 529 g/mol. The minimum Gasteiger partial charge on any atom is -0.465 e. The van der Waals surface area contributed by atoms with Gasteiger partial charge in [0.05, 0.1) is 41.0 Å². The Morgan fingerprint density at radius 2 is 1.83 bits per heavy atom. The van der Waals surface area contributed by atoms with Crippen LogP contribution in [0.15, 0.2) is 54.6 Å². The smallest absolute Gasteiger partial charge is 0.338 e. The van der Waals surface area contributed by atoms with Crippen molar-refractivity contribution in [1.82, 2.24) is 14.8 Å². The zero-order valence-corrected chi connectivity index (χ0v) is 19.7. The Morgan fingerprint density at radius 3 is 2.50 bits per heavy atom. The van der Waals surface area contributed by atoms with Crippen LogP contribution in [-0.2, 0) is 15.4 Å². The van der Waals surface area contributed by atoms with Gasteiger partial charge in [0.25, 0.3) is 0 Å². The number of methoxy groups -OCH3 is 1. The maximum absolute atomic E-state index is 12.6. The summed E-state index contributed by atoms with van der Waals surface area (Å²) in [5.74, 6) is -0.385. The molecule has 4 rings (SSSR count). The molecule has 4 aromatic rings. The van der Waals surface area contributed by atoms with Crippen molar-refractivity contribution in [2.24, 2.45) is 0 Å². The summed E-state index contributed by atoms with van der Waals surface area (Å²) in [5, 5.41) is 6.82. The first-order valence-corrected chi connectivity index (χ1v) is 11.6. The fourth-order valence-corrected chi connectivity index (χ4v) is 4.44. The van der Waals surface area contributed by atoms with Crippen LogP contribution in [0.2, 0.25) is 0 Å². The molecule has 2 heterocycles. The Balaban J connectivity index is 1.98. The lowest BCUT2D eigenvalue weighted by Gasteiger charge is -2.11. The lowest BCUT2D eigenvalue weighted by atomic mass is 10.0. The van der Waals surface area contributed by atoms with E-state index in [2.05, 4.69) is 31.9 Å². The standard InChI is InChI=1S/C23H19Br2N3O2/c1-14-22(21(13-25)28(27-14)16-6-4-3-5-7-16)20-11-18(23(29)30-2)17-10-15(12-24)8-9-19(17)26-20/h3-11H,12-13H2,1-2H3. The molecule has 0 spiro atoms. The van der Waals surface area contributed by atoms with Crippen LogP contribution >= 0.6 is 31.9 Å². The Kier molecular flexibility index (Phi) is 6.01. The van der Waals surface area contributed by atoms with Crippen LogP contribution in [0.4, 0.5) is 0 Å². The molecule has 0 atom stereocenters. The van der Waals surface area contributed by atoms with Crippen molar-refractivity contribution < 1.29 is 9.53 Å². The zero-order valence-electron chi connectivity index (χ0n) is 16.5. The van der Waals surface area contributed by atoms with Gasteiger partial charge in [-0.3, -0.25) is 0 Å². The van der Waals surface area contributed by atoms with E-state index < -0.39 is 0 Å². The van der Waals surface area contributed by atoms with Crippen molar-refractivity contribution >= 4 is 48.7 Å². The first kappa shape index (κ1) is 20.8. The van der Waals surface area contributed by atoms with Crippen molar-refractivity contribution in [3.8, 4) is 16.9 Å². The molecule has 0 aliphatic carbocycles. The summed E-state index contributed by atoms with van der Waals surface area (Å²) in [5.41, 5.74) is 6.69. The van der Waals surface area contributed by atoms with Gasteiger partial charge < -0.3 is 4.74 Å². The molecule has 0 saturated carbocycles. The molecule has 0 unspecified atom stereocenters. The number of esters is 1. The van der Waals surface area contributed by atoms with Gasteiger partial charge in [0, 0.05) is 21.6 Å². The monoisotopic (exact) mass is 527 g/mol. The van der Waals surface area contributed by atoms with Crippen LogP contribution in [0.3, 0.4) is 0 Å². The van der Waals surface area contributed by atoms with Crippen LogP contribution in [-0.4, -0.2) is 27.8 Å². The highest BCUT2D eigenvalue weighted by atomic mass is 79.9. The Morgan fingerprint density at radius 1 is 1.07 bits per heavy atom. The van der Waals surface area contributed by atoms with E-state index in [1.165, 1.54) is 7.11 Å². The third-order valence-corrected chi connectivity index (χ3v) is 6.15. The number of para-hydroxylation sites is 1. The summed E-state index contributed by atoms with van der Waals surface area (Å²) in [6.45, 7) is 1.96. The van der Waals surface area contributed by atoms with Crippen LogP contribution < -0.4 is 0 Å². The summed E-state index contributed by atoms with van der Waals surface area (Å²) in [4.78, 5) is 17.5. The maximum atomic E-state index is 12.6. The highest BCUT2D eigenvalue weighted by Gasteiger charge is 2.21. The lowest BCUT2D eigenvalue weighted by molar-refractivity contribution is 0.0603. The SMILES string of the molecule is COC(=O)c1cc(-c2c(C)nn(-c3ccccc3)c2CBr)nc2ccc(CBr)cc12. The highest BCUT2D eigenvalue weighted by molar-refractivity contribution is 9.08. The topological polar surface area (TPSA) is 57.0 Å². The minimum absolute atomic E-state index is 0.385. The van der Waals surface area contributed by atoms with E-state index in [4.69, 9.17) is 14.8 Å². The van der Waals surface area contributed by atoms with Crippen molar-refractivity contribution in [2.75, 3.05) is 7.11 Å². The second-order valence-corrected chi connectivity index (χ2v) is 7.94. The molecule has 2 aromatic heterocycles. The van der Waals surface area contributed by atoms with E-state index in [0.717, 1.165) is 39.1 Å². The van der Waals surface area contributed by atoms with Gasteiger partial charge in [0.15, 0.2) is 0 Å². The Hall–Kier alpha value is -2.51. The summed E-state index contributed by atoms with van der Waals surface area (Å²) in [6, 6.07) is 17.7. The summed E-state index contributed by atoms with van der Waals surface area (Å²) in [7, 11) is 1.39.